The average molecular weight is 501 g/mol. The molecule has 3 aromatic rings. The van der Waals surface area contributed by atoms with Crippen LogP contribution in [0, 0.1) is 0 Å². The van der Waals surface area contributed by atoms with Crippen molar-refractivity contribution in [1.29, 1.82) is 0 Å². The molecule has 0 atom stereocenters. The number of nitrogen functional groups attached to an aromatic ring is 2. The Kier molecular flexibility index (Phi) is 6.45. The highest BCUT2D eigenvalue weighted by atomic mass is 32.2. The minimum absolute atomic E-state index is 0.177. The van der Waals surface area contributed by atoms with E-state index in [0.29, 0.717) is 22.3 Å². The quantitative estimate of drug-likeness (QED) is 0.191. The Morgan fingerprint density at radius 2 is 1.55 bits per heavy atom. The van der Waals surface area contributed by atoms with E-state index in [4.69, 9.17) is 20.8 Å². The third kappa shape index (κ3) is 5.64. The summed E-state index contributed by atoms with van der Waals surface area (Å²) in [5.74, 6) is -0.162. The Labute approximate surface area is 188 Å². The summed E-state index contributed by atoms with van der Waals surface area (Å²) in [5.41, 5.74) is 12.4. The zero-order valence-electron chi connectivity index (χ0n) is 15.5. The smallest absolute Gasteiger partial charge is 0.298 e. The van der Waals surface area contributed by atoms with Crippen LogP contribution in [0.25, 0.3) is 0 Å². The molecule has 164 valence electrons. The second-order valence-corrected chi connectivity index (χ2v) is 10.6. The van der Waals surface area contributed by atoms with Gasteiger partial charge in [-0.25, -0.2) is 0 Å². The lowest BCUT2D eigenvalue weighted by atomic mass is 10.3. The molecule has 0 saturated carbocycles. The average Bonchev–Trinajstić information content (AvgIpc) is 2.65. The van der Waals surface area contributed by atoms with Gasteiger partial charge in [0.1, 0.15) is 16.4 Å². The van der Waals surface area contributed by atoms with Crippen molar-refractivity contribution >= 4 is 56.0 Å². The van der Waals surface area contributed by atoms with E-state index in [9.17, 15) is 21.4 Å². The minimum Gasteiger partial charge on any atom is -0.456 e. The molecule has 3 rings (SSSR count). The molecule has 31 heavy (non-hydrogen) atoms. The van der Waals surface area contributed by atoms with Crippen molar-refractivity contribution in [2.75, 3.05) is 11.5 Å². The summed E-state index contributed by atoms with van der Waals surface area (Å²) in [6.45, 7) is 0. The molecule has 3 aromatic carbocycles. The highest BCUT2D eigenvalue weighted by Gasteiger charge is 2.22. The van der Waals surface area contributed by atoms with Crippen LogP contribution in [0.3, 0.4) is 0 Å². The monoisotopic (exact) mass is 500 g/mol. The first-order valence-electron chi connectivity index (χ1n) is 8.27. The number of hydrogen-bond donors (Lipinski definition) is 5. The molecule has 0 unspecified atom stereocenters. The molecule has 9 nitrogen and oxygen atoms in total. The van der Waals surface area contributed by atoms with Gasteiger partial charge in [-0.2, -0.15) is 16.8 Å². The summed E-state index contributed by atoms with van der Waals surface area (Å²) in [4.78, 5) is 0.540. The molecular weight excluding hydrogens is 484 g/mol. The molecule has 0 bridgehead atoms. The van der Waals surface area contributed by atoms with Gasteiger partial charge in [0, 0.05) is 14.7 Å². The fraction of sp³-hybridized carbons (Fsp3) is 0. The van der Waals surface area contributed by atoms with E-state index < -0.39 is 30.0 Å². The van der Waals surface area contributed by atoms with Crippen LogP contribution in [0.5, 0.6) is 11.5 Å². The van der Waals surface area contributed by atoms with Gasteiger partial charge in [0.2, 0.25) is 0 Å². The second kappa shape index (κ2) is 8.61. The largest absolute Gasteiger partial charge is 0.456 e. The normalized spacial score (nSPS) is 12.0. The van der Waals surface area contributed by atoms with E-state index in [0.717, 1.165) is 21.9 Å². The van der Waals surface area contributed by atoms with Crippen LogP contribution in [0.4, 0.5) is 11.4 Å². The van der Waals surface area contributed by atoms with Crippen LogP contribution < -0.4 is 16.2 Å². The van der Waals surface area contributed by atoms with Gasteiger partial charge in [0.25, 0.3) is 20.2 Å². The number of anilines is 2. The lowest BCUT2D eigenvalue weighted by Crippen LogP contribution is -2.05. The number of hydrogen-bond acceptors (Lipinski definition) is 9. The van der Waals surface area contributed by atoms with Gasteiger partial charge in [-0.3, -0.25) is 9.11 Å². The third-order valence-electron chi connectivity index (χ3n) is 3.94. The fourth-order valence-electron chi connectivity index (χ4n) is 2.45. The maximum atomic E-state index is 11.7. The Hall–Kier alpha value is -2.42. The Morgan fingerprint density at radius 1 is 0.839 bits per heavy atom. The van der Waals surface area contributed by atoms with Crippen LogP contribution in [0.15, 0.2) is 79.1 Å². The molecular formula is C18H16N2O7S4. The van der Waals surface area contributed by atoms with Gasteiger partial charge in [-0.1, -0.05) is 11.8 Å². The molecule has 0 spiro atoms. The fourth-order valence-corrected chi connectivity index (χ4v) is 4.89. The summed E-state index contributed by atoms with van der Waals surface area (Å²) in [6.07, 6.45) is 0. The van der Waals surface area contributed by atoms with Crippen molar-refractivity contribution in [3.05, 3.63) is 54.6 Å². The summed E-state index contributed by atoms with van der Waals surface area (Å²) in [5, 5.41) is 0. The first kappa shape index (κ1) is 23.2. The number of benzene rings is 3. The lowest BCUT2D eigenvalue weighted by Gasteiger charge is -2.12. The standard InChI is InChI=1S/C18H16N2O7S4/c19-13-4-2-11(8-14(13)20)29-17-6-1-10(7-16(17)28)27-15-5-3-12(30(21,22)23)9-18(15)31(24,25)26/h1-9,28H,19-20H2,(H,21,22,23)(H,24,25,26). The Balaban J connectivity index is 1.91. The van der Waals surface area contributed by atoms with Crippen molar-refractivity contribution in [3.8, 4) is 11.5 Å². The van der Waals surface area contributed by atoms with E-state index in [2.05, 4.69) is 12.6 Å². The van der Waals surface area contributed by atoms with Crippen LogP contribution >= 0.6 is 24.4 Å². The first-order chi connectivity index (χ1) is 14.3. The summed E-state index contributed by atoms with van der Waals surface area (Å²) >= 11 is 5.78. The molecule has 13 heteroatoms. The Bertz CT molecular complexity index is 1370. The predicted octanol–water partition coefficient (Wildman–Crippen LogP) is 3.58. The topological polar surface area (TPSA) is 170 Å². The SMILES string of the molecule is Nc1ccc(Sc2ccc(Oc3ccc(S(=O)(=O)O)cc3S(=O)(=O)O)cc2S)cc1N. The van der Waals surface area contributed by atoms with Crippen molar-refractivity contribution in [2.45, 2.75) is 24.5 Å². The highest BCUT2D eigenvalue weighted by molar-refractivity contribution is 7.99. The molecule has 6 N–H and O–H groups in total. The van der Waals surface area contributed by atoms with Crippen molar-refractivity contribution in [1.82, 2.24) is 0 Å². The third-order valence-corrected chi connectivity index (χ3v) is 7.25. The van der Waals surface area contributed by atoms with Crippen molar-refractivity contribution < 1.29 is 30.7 Å². The number of nitrogens with two attached hydrogens (primary N) is 2. The predicted molar refractivity (Wildman–Crippen MR) is 119 cm³/mol. The summed E-state index contributed by atoms with van der Waals surface area (Å²) in [6, 6.07) is 12.5. The molecule has 0 aromatic heterocycles. The van der Waals surface area contributed by atoms with E-state index in [1.165, 1.54) is 23.9 Å². The zero-order chi connectivity index (χ0) is 23.0. The van der Waals surface area contributed by atoms with E-state index in [1.54, 1.807) is 24.3 Å². The maximum Gasteiger partial charge on any atom is 0.298 e. The van der Waals surface area contributed by atoms with E-state index in [1.807, 2.05) is 0 Å². The molecule has 0 radical (unpaired) electrons. The minimum atomic E-state index is -4.85. The van der Waals surface area contributed by atoms with Gasteiger partial charge in [-0.05, 0) is 54.6 Å². The molecule has 0 aliphatic rings. The van der Waals surface area contributed by atoms with Gasteiger partial charge in [-0.15, -0.1) is 12.6 Å². The molecule has 0 amide bonds. The van der Waals surface area contributed by atoms with Crippen LogP contribution in [-0.4, -0.2) is 25.9 Å². The summed E-state index contributed by atoms with van der Waals surface area (Å²) in [7, 11) is -9.53. The second-order valence-electron chi connectivity index (χ2n) is 6.18. The molecule has 0 fully saturated rings. The van der Waals surface area contributed by atoms with Crippen LogP contribution in [-0.2, 0) is 20.2 Å². The summed E-state index contributed by atoms with van der Waals surface area (Å²) < 4.78 is 69.9. The maximum absolute atomic E-state index is 11.7. The molecule has 0 saturated heterocycles. The zero-order valence-corrected chi connectivity index (χ0v) is 18.8. The Morgan fingerprint density at radius 3 is 2.13 bits per heavy atom. The number of ether oxygens (including phenoxy) is 1. The molecule has 0 aliphatic heterocycles. The van der Waals surface area contributed by atoms with Crippen LogP contribution in [0.1, 0.15) is 0 Å². The number of thiol groups is 1. The van der Waals surface area contributed by atoms with Crippen molar-refractivity contribution in [3.63, 3.8) is 0 Å². The lowest BCUT2D eigenvalue weighted by molar-refractivity contribution is 0.447. The van der Waals surface area contributed by atoms with Crippen LogP contribution in [0.2, 0.25) is 0 Å². The first-order valence-corrected chi connectivity index (χ1v) is 12.4. The van der Waals surface area contributed by atoms with Gasteiger partial charge in [0.05, 0.1) is 16.3 Å². The van der Waals surface area contributed by atoms with Gasteiger partial charge in [0.15, 0.2) is 0 Å². The van der Waals surface area contributed by atoms with Gasteiger partial charge < -0.3 is 16.2 Å². The molecule has 0 aliphatic carbocycles. The van der Waals surface area contributed by atoms with E-state index >= 15 is 0 Å². The number of rotatable bonds is 6. The van der Waals surface area contributed by atoms with Gasteiger partial charge >= 0.3 is 0 Å². The van der Waals surface area contributed by atoms with Crippen molar-refractivity contribution in [2.24, 2.45) is 0 Å². The van der Waals surface area contributed by atoms with E-state index in [-0.39, 0.29) is 11.5 Å². The molecule has 0 heterocycles. The highest BCUT2D eigenvalue weighted by Crippen LogP contribution is 2.38.